The number of H-pyrrole nitrogens is 1. The number of amides is 1. The second-order valence-electron chi connectivity index (χ2n) is 10.3. The third-order valence-corrected chi connectivity index (χ3v) is 7.10. The molecular formula is C32H34N4O6. The number of aromatic amines is 1. The van der Waals surface area contributed by atoms with E-state index in [1.807, 2.05) is 61.5 Å². The number of nitrogens with one attached hydrogen (secondary N) is 1. The minimum absolute atomic E-state index is 0.0165. The Labute approximate surface area is 244 Å². The fourth-order valence-corrected chi connectivity index (χ4v) is 4.78. The minimum Gasteiger partial charge on any atom is -0.494 e. The number of benzene rings is 3. The third kappa shape index (κ3) is 6.14. The Morgan fingerprint density at radius 1 is 1.02 bits per heavy atom. The van der Waals surface area contributed by atoms with Crippen LogP contribution < -0.4 is 9.79 Å². The summed E-state index contributed by atoms with van der Waals surface area (Å²) in [4.78, 5) is 47.1. The molecule has 0 unspecified atom stereocenters. The Morgan fingerprint density at radius 2 is 1.79 bits per heavy atom. The highest BCUT2D eigenvalue weighted by Gasteiger charge is 2.22. The number of nitrogens with zero attached hydrogens (tertiary/aromatic N) is 3. The molecule has 2 N–H and O–H groups in total. The number of fused-ring (bicyclic) bond motifs is 2. The molecule has 5 rings (SSSR count). The van der Waals surface area contributed by atoms with Crippen molar-refractivity contribution in [2.24, 2.45) is 4.99 Å². The first-order valence-corrected chi connectivity index (χ1v) is 13.8. The summed E-state index contributed by atoms with van der Waals surface area (Å²) >= 11 is 0. The van der Waals surface area contributed by atoms with Crippen molar-refractivity contribution < 1.29 is 29.2 Å². The lowest BCUT2D eigenvalue weighted by molar-refractivity contribution is -0.215. The van der Waals surface area contributed by atoms with Gasteiger partial charge in [0.05, 0.1) is 35.7 Å². The van der Waals surface area contributed by atoms with Crippen molar-refractivity contribution in [2.75, 3.05) is 45.8 Å². The number of ether oxygens (including phenoxy) is 1. The van der Waals surface area contributed by atoms with Crippen molar-refractivity contribution in [3.8, 4) is 11.6 Å². The lowest BCUT2D eigenvalue weighted by Crippen LogP contribution is -2.29. The Hall–Kier alpha value is -4.67. The molecule has 0 saturated carbocycles. The fraction of sp³-hybridized carbons (Fsp3) is 0.281. The molecule has 10 heteroatoms. The summed E-state index contributed by atoms with van der Waals surface area (Å²) in [5.41, 5.74) is 4.97. The van der Waals surface area contributed by atoms with Crippen molar-refractivity contribution in [2.45, 2.75) is 19.8 Å². The van der Waals surface area contributed by atoms with Gasteiger partial charge in [0.25, 0.3) is 0 Å². The monoisotopic (exact) mass is 570 g/mol. The SMILES string of the molecule is CCOC(=O)c1ccc2c(C(=Nc3ccc(N(C)C(=O)CCN(C)C)cc3)c3ccc4c(c3)OOCC4)c(O)[nH]c2c1. The van der Waals surface area contributed by atoms with Gasteiger partial charge >= 0.3 is 5.97 Å². The lowest BCUT2D eigenvalue weighted by Gasteiger charge is -2.19. The van der Waals surface area contributed by atoms with Crippen LogP contribution in [-0.2, 0) is 20.8 Å². The predicted octanol–water partition coefficient (Wildman–Crippen LogP) is 5.00. The molecule has 1 aromatic heterocycles. The second-order valence-corrected chi connectivity index (χ2v) is 10.3. The summed E-state index contributed by atoms with van der Waals surface area (Å²) in [5.74, 6) is 0.0647. The number of hydrogen-bond donors (Lipinski definition) is 2. The molecule has 0 radical (unpaired) electrons. The van der Waals surface area contributed by atoms with Gasteiger partial charge in [0.2, 0.25) is 5.91 Å². The third-order valence-electron chi connectivity index (χ3n) is 7.10. The van der Waals surface area contributed by atoms with Gasteiger partial charge in [-0.2, -0.15) is 4.89 Å². The van der Waals surface area contributed by atoms with Gasteiger partial charge in [-0.05, 0) is 63.5 Å². The highest BCUT2D eigenvalue weighted by atomic mass is 17.2. The second kappa shape index (κ2) is 12.5. The normalized spacial score (nSPS) is 13.1. The standard InChI is InChI=1S/C32H34N4O6/c1-5-40-32(39)22-8-13-25-26(18-22)34-31(38)29(25)30(21-7-6-20-15-17-41-42-27(20)19-21)33-23-9-11-24(12-10-23)36(4)28(37)14-16-35(2)3/h6-13,18-19,34,38H,5,14-17H2,1-4H3. The molecular weight excluding hydrogens is 536 g/mol. The van der Waals surface area contributed by atoms with Crippen molar-refractivity contribution >= 4 is 39.9 Å². The average molecular weight is 571 g/mol. The lowest BCUT2D eigenvalue weighted by atomic mass is 9.98. The van der Waals surface area contributed by atoms with Crippen LogP contribution in [-0.4, -0.2) is 73.5 Å². The van der Waals surface area contributed by atoms with Crippen LogP contribution >= 0.6 is 0 Å². The van der Waals surface area contributed by atoms with Crippen molar-refractivity contribution in [3.05, 3.63) is 82.9 Å². The van der Waals surface area contributed by atoms with Gasteiger partial charge in [0.1, 0.15) is 0 Å². The Bertz CT molecular complexity index is 1640. The van der Waals surface area contributed by atoms with Crippen LogP contribution in [0, 0.1) is 0 Å². The Balaban J connectivity index is 1.56. The van der Waals surface area contributed by atoms with Crippen LogP contribution in [0.1, 0.15) is 40.4 Å². The van der Waals surface area contributed by atoms with Crippen LogP contribution in [0.15, 0.2) is 65.7 Å². The molecule has 218 valence electrons. The maximum atomic E-state index is 12.6. The summed E-state index contributed by atoms with van der Waals surface area (Å²) in [6.45, 7) is 3.15. The van der Waals surface area contributed by atoms with Gasteiger partial charge in [-0.25, -0.2) is 9.79 Å². The van der Waals surface area contributed by atoms with Gasteiger partial charge in [-0.3, -0.25) is 4.79 Å². The number of rotatable bonds is 9. The molecule has 1 aliphatic rings. The molecule has 1 aliphatic heterocycles. The molecule has 0 saturated heterocycles. The van der Waals surface area contributed by atoms with E-state index in [0.717, 1.165) is 17.7 Å². The van der Waals surface area contributed by atoms with Crippen molar-refractivity contribution in [1.82, 2.24) is 9.88 Å². The fourth-order valence-electron chi connectivity index (χ4n) is 4.78. The number of aliphatic imine (C=N–C) groups is 1. The zero-order valence-electron chi connectivity index (χ0n) is 24.1. The maximum Gasteiger partial charge on any atom is 0.338 e. The van der Waals surface area contributed by atoms with Gasteiger partial charge in [0.15, 0.2) is 11.6 Å². The van der Waals surface area contributed by atoms with Gasteiger partial charge < -0.3 is 29.5 Å². The van der Waals surface area contributed by atoms with Crippen LogP contribution in [0.2, 0.25) is 0 Å². The molecule has 0 bridgehead atoms. The van der Waals surface area contributed by atoms with Gasteiger partial charge in [-0.1, -0.05) is 18.2 Å². The molecule has 10 nitrogen and oxygen atoms in total. The quantitative estimate of drug-likeness (QED) is 0.165. The van der Waals surface area contributed by atoms with E-state index in [-0.39, 0.29) is 18.4 Å². The van der Waals surface area contributed by atoms with E-state index < -0.39 is 5.97 Å². The Kier molecular flexibility index (Phi) is 8.56. The van der Waals surface area contributed by atoms with Crippen LogP contribution in [0.4, 0.5) is 11.4 Å². The van der Waals surface area contributed by atoms with Crippen LogP contribution in [0.25, 0.3) is 10.9 Å². The smallest absolute Gasteiger partial charge is 0.338 e. The van der Waals surface area contributed by atoms with E-state index in [0.29, 0.717) is 64.3 Å². The number of anilines is 1. The number of aromatic hydroxyl groups is 1. The van der Waals surface area contributed by atoms with Crippen LogP contribution in [0.3, 0.4) is 0 Å². The van der Waals surface area contributed by atoms with E-state index in [4.69, 9.17) is 19.5 Å². The molecule has 1 amide bonds. The molecule has 4 aromatic rings. The largest absolute Gasteiger partial charge is 0.494 e. The maximum absolute atomic E-state index is 12.6. The minimum atomic E-state index is -0.443. The first kappa shape index (κ1) is 28.8. The van der Waals surface area contributed by atoms with Gasteiger partial charge in [0, 0.05) is 54.2 Å². The molecule has 42 heavy (non-hydrogen) atoms. The number of aromatic nitrogens is 1. The zero-order chi connectivity index (χ0) is 29.8. The summed E-state index contributed by atoms with van der Waals surface area (Å²) in [6, 6.07) is 18.1. The number of carbonyl (C=O) groups excluding carboxylic acids is 2. The number of carbonyl (C=O) groups is 2. The topological polar surface area (TPSA) is 117 Å². The number of esters is 1. The Morgan fingerprint density at radius 3 is 2.52 bits per heavy atom. The van der Waals surface area contributed by atoms with E-state index in [1.165, 1.54) is 0 Å². The predicted molar refractivity (Wildman–Crippen MR) is 161 cm³/mol. The highest BCUT2D eigenvalue weighted by molar-refractivity contribution is 6.22. The van der Waals surface area contributed by atoms with Crippen molar-refractivity contribution in [3.63, 3.8) is 0 Å². The summed E-state index contributed by atoms with van der Waals surface area (Å²) < 4.78 is 5.14. The first-order chi connectivity index (χ1) is 20.2. The van der Waals surface area contributed by atoms with Crippen molar-refractivity contribution in [1.29, 1.82) is 0 Å². The van der Waals surface area contributed by atoms with Crippen LogP contribution in [0.5, 0.6) is 11.6 Å². The van der Waals surface area contributed by atoms with Gasteiger partial charge in [-0.15, -0.1) is 0 Å². The zero-order valence-corrected chi connectivity index (χ0v) is 24.1. The summed E-state index contributed by atoms with van der Waals surface area (Å²) in [7, 11) is 5.62. The summed E-state index contributed by atoms with van der Waals surface area (Å²) in [5, 5.41) is 11.8. The molecule has 0 spiro atoms. The molecule has 0 aliphatic carbocycles. The van der Waals surface area contributed by atoms with E-state index >= 15 is 0 Å². The van der Waals surface area contributed by atoms with E-state index in [2.05, 4.69) is 4.98 Å². The number of hydrogen-bond acceptors (Lipinski definition) is 8. The highest BCUT2D eigenvalue weighted by Crippen LogP contribution is 2.34. The first-order valence-electron chi connectivity index (χ1n) is 13.8. The van der Waals surface area contributed by atoms with E-state index in [9.17, 15) is 14.7 Å². The van der Waals surface area contributed by atoms with E-state index in [1.54, 1.807) is 37.1 Å². The molecule has 0 fully saturated rings. The average Bonchev–Trinajstić information content (AvgIpc) is 3.33. The molecule has 0 atom stereocenters. The summed E-state index contributed by atoms with van der Waals surface area (Å²) in [6.07, 6.45) is 1.13. The molecule has 3 aromatic carbocycles. The molecule has 2 heterocycles.